The fraction of sp³-hybridized carbons (Fsp3) is 0.300. The van der Waals surface area contributed by atoms with Crippen LogP contribution in [0.5, 0.6) is 0 Å². The fourth-order valence-electron chi connectivity index (χ4n) is 1.20. The molecule has 0 heterocycles. The molecule has 0 saturated heterocycles. The van der Waals surface area contributed by atoms with E-state index >= 15 is 0 Å². The molecular formula is C10H11BrClNO. The largest absolute Gasteiger partial charge is 0.330 e. The third-order valence-electron chi connectivity index (χ3n) is 1.98. The summed E-state index contributed by atoms with van der Waals surface area (Å²) in [4.78, 5) is 11.6. The summed E-state index contributed by atoms with van der Waals surface area (Å²) in [6, 6.07) is 3.55. The lowest BCUT2D eigenvalue weighted by molar-refractivity contribution is 0.0985. The molecule has 1 rings (SSSR count). The van der Waals surface area contributed by atoms with Crippen LogP contribution in [0.15, 0.2) is 16.6 Å². The Morgan fingerprint density at radius 2 is 2.21 bits per heavy atom. The second kappa shape index (κ2) is 4.91. The minimum absolute atomic E-state index is 0.0354. The standard InChI is InChI=1S/C10H11BrClNO/c1-6-8(10(14)2-3-13)4-7(11)5-9(6)12/h4-5H,2-3,13H2,1H3. The van der Waals surface area contributed by atoms with Gasteiger partial charge in [0.15, 0.2) is 5.78 Å². The van der Waals surface area contributed by atoms with E-state index in [0.717, 1.165) is 10.0 Å². The molecule has 0 spiro atoms. The Morgan fingerprint density at radius 1 is 1.57 bits per heavy atom. The normalized spacial score (nSPS) is 10.3. The maximum absolute atomic E-state index is 11.6. The molecule has 0 atom stereocenters. The van der Waals surface area contributed by atoms with Crippen LogP contribution < -0.4 is 5.73 Å². The third kappa shape index (κ3) is 2.56. The molecule has 0 saturated carbocycles. The molecule has 0 aromatic heterocycles. The number of benzene rings is 1. The van der Waals surface area contributed by atoms with Crippen LogP contribution in [0.1, 0.15) is 22.3 Å². The zero-order valence-corrected chi connectivity index (χ0v) is 10.2. The number of rotatable bonds is 3. The van der Waals surface area contributed by atoms with Gasteiger partial charge in [0.2, 0.25) is 0 Å². The first-order valence-electron chi connectivity index (χ1n) is 4.25. The molecule has 14 heavy (non-hydrogen) atoms. The molecule has 0 unspecified atom stereocenters. The summed E-state index contributed by atoms with van der Waals surface area (Å²) in [5.41, 5.74) is 6.79. The molecule has 0 fully saturated rings. The Morgan fingerprint density at radius 3 is 2.79 bits per heavy atom. The van der Waals surface area contributed by atoms with Crippen molar-refractivity contribution in [3.05, 3.63) is 32.8 Å². The zero-order valence-electron chi connectivity index (χ0n) is 7.81. The van der Waals surface area contributed by atoms with Crippen molar-refractivity contribution in [3.63, 3.8) is 0 Å². The molecule has 4 heteroatoms. The summed E-state index contributed by atoms with van der Waals surface area (Å²) in [5, 5.41) is 0.597. The van der Waals surface area contributed by atoms with Crippen molar-refractivity contribution in [1.29, 1.82) is 0 Å². The number of hydrogen-bond acceptors (Lipinski definition) is 2. The van der Waals surface area contributed by atoms with Crippen molar-refractivity contribution < 1.29 is 4.79 Å². The predicted octanol–water partition coefficient (Wildman–Crippen LogP) is 2.94. The molecule has 0 amide bonds. The van der Waals surface area contributed by atoms with Crippen molar-refractivity contribution in [3.8, 4) is 0 Å². The lowest BCUT2D eigenvalue weighted by Gasteiger charge is -2.06. The lowest BCUT2D eigenvalue weighted by atomic mass is 10.0. The van der Waals surface area contributed by atoms with E-state index in [1.165, 1.54) is 0 Å². The maximum Gasteiger partial charge on any atom is 0.164 e. The summed E-state index contributed by atoms with van der Waals surface area (Å²) in [5.74, 6) is 0.0354. The van der Waals surface area contributed by atoms with E-state index in [2.05, 4.69) is 15.9 Å². The van der Waals surface area contributed by atoms with Crippen molar-refractivity contribution in [1.82, 2.24) is 0 Å². The lowest BCUT2D eigenvalue weighted by Crippen LogP contribution is -2.09. The van der Waals surface area contributed by atoms with Crippen LogP contribution >= 0.6 is 27.5 Å². The van der Waals surface area contributed by atoms with Crippen LogP contribution in [0, 0.1) is 6.92 Å². The molecule has 0 aliphatic carbocycles. The SMILES string of the molecule is Cc1c(Cl)cc(Br)cc1C(=O)CCN. The van der Waals surface area contributed by atoms with E-state index < -0.39 is 0 Å². The Balaban J connectivity index is 3.13. The van der Waals surface area contributed by atoms with Gasteiger partial charge < -0.3 is 5.73 Å². The van der Waals surface area contributed by atoms with Gasteiger partial charge in [0.05, 0.1) is 0 Å². The van der Waals surface area contributed by atoms with Crippen LogP contribution in [-0.4, -0.2) is 12.3 Å². The number of hydrogen-bond donors (Lipinski definition) is 1. The number of ketones is 1. The molecule has 2 nitrogen and oxygen atoms in total. The van der Waals surface area contributed by atoms with Gasteiger partial charge in [-0.05, 0) is 31.2 Å². The highest BCUT2D eigenvalue weighted by atomic mass is 79.9. The summed E-state index contributed by atoms with van der Waals surface area (Å²) >= 11 is 9.25. The maximum atomic E-state index is 11.6. The molecule has 0 bridgehead atoms. The number of halogens is 2. The van der Waals surface area contributed by atoms with Crippen molar-refractivity contribution in [2.45, 2.75) is 13.3 Å². The third-order valence-corrected chi connectivity index (χ3v) is 2.83. The van der Waals surface area contributed by atoms with Crippen molar-refractivity contribution >= 4 is 33.3 Å². The number of carbonyl (C=O) groups excluding carboxylic acids is 1. The zero-order chi connectivity index (χ0) is 10.7. The van der Waals surface area contributed by atoms with E-state index in [0.29, 0.717) is 23.6 Å². The number of carbonyl (C=O) groups is 1. The summed E-state index contributed by atoms with van der Waals surface area (Å²) in [6.45, 7) is 2.20. The van der Waals surface area contributed by atoms with E-state index in [4.69, 9.17) is 17.3 Å². The van der Waals surface area contributed by atoms with Gasteiger partial charge in [0.1, 0.15) is 0 Å². The quantitative estimate of drug-likeness (QED) is 0.863. The molecule has 1 aromatic carbocycles. The smallest absolute Gasteiger partial charge is 0.164 e. The molecule has 1 aromatic rings. The Labute approximate surface area is 96.6 Å². The second-order valence-electron chi connectivity index (χ2n) is 3.02. The van der Waals surface area contributed by atoms with Gasteiger partial charge in [0, 0.05) is 21.5 Å². The van der Waals surface area contributed by atoms with E-state index in [1.54, 1.807) is 12.1 Å². The average molecular weight is 277 g/mol. The van der Waals surface area contributed by atoms with Crippen LogP contribution in [-0.2, 0) is 0 Å². The van der Waals surface area contributed by atoms with Gasteiger partial charge in [-0.2, -0.15) is 0 Å². The average Bonchev–Trinajstić information content (AvgIpc) is 2.11. The monoisotopic (exact) mass is 275 g/mol. The van der Waals surface area contributed by atoms with E-state index in [1.807, 2.05) is 6.92 Å². The molecule has 0 aliphatic rings. The highest BCUT2D eigenvalue weighted by Crippen LogP contribution is 2.25. The van der Waals surface area contributed by atoms with Crippen LogP contribution in [0.3, 0.4) is 0 Å². The highest BCUT2D eigenvalue weighted by Gasteiger charge is 2.11. The Kier molecular flexibility index (Phi) is 4.11. The van der Waals surface area contributed by atoms with Gasteiger partial charge in [-0.25, -0.2) is 0 Å². The van der Waals surface area contributed by atoms with E-state index in [-0.39, 0.29) is 5.78 Å². The molecular weight excluding hydrogens is 265 g/mol. The van der Waals surface area contributed by atoms with Gasteiger partial charge in [-0.15, -0.1) is 0 Å². The summed E-state index contributed by atoms with van der Waals surface area (Å²) in [7, 11) is 0. The van der Waals surface area contributed by atoms with Crippen LogP contribution in [0.25, 0.3) is 0 Å². The van der Waals surface area contributed by atoms with Crippen LogP contribution in [0.4, 0.5) is 0 Å². The van der Waals surface area contributed by atoms with E-state index in [9.17, 15) is 4.79 Å². The molecule has 0 aliphatic heterocycles. The first-order valence-corrected chi connectivity index (χ1v) is 5.42. The van der Waals surface area contributed by atoms with Gasteiger partial charge in [-0.3, -0.25) is 4.79 Å². The Bertz CT molecular complexity index is 365. The van der Waals surface area contributed by atoms with Crippen molar-refractivity contribution in [2.75, 3.05) is 6.54 Å². The molecule has 2 N–H and O–H groups in total. The van der Waals surface area contributed by atoms with Gasteiger partial charge in [-0.1, -0.05) is 27.5 Å². The van der Waals surface area contributed by atoms with Crippen molar-refractivity contribution in [2.24, 2.45) is 5.73 Å². The number of Topliss-reactive ketones (excluding diaryl/α,β-unsaturated/α-hetero) is 1. The highest BCUT2D eigenvalue weighted by molar-refractivity contribution is 9.10. The second-order valence-corrected chi connectivity index (χ2v) is 4.34. The van der Waals surface area contributed by atoms with Gasteiger partial charge in [0.25, 0.3) is 0 Å². The predicted molar refractivity (Wildman–Crippen MR) is 61.9 cm³/mol. The summed E-state index contributed by atoms with van der Waals surface area (Å²) in [6.07, 6.45) is 0.355. The van der Waals surface area contributed by atoms with Crippen LogP contribution in [0.2, 0.25) is 5.02 Å². The topological polar surface area (TPSA) is 43.1 Å². The number of nitrogens with two attached hydrogens (primary N) is 1. The fourth-order valence-corrected chi connectivity index (χ4v) is 2.01. The minimum Gasteiger partial charge on any atom is -0.330 e. The summed E-state index contributed by atoms with van der Waals surface area (Å²) < 4.78 is 0.813. The first-order chi connectivity index (χ1) is 6.56. The molecule has 76 valence electrons. The van der Waals surface area contributed by atoms with Gasteiger partial charge >= 0.3 is 0 Å². The minimum atomic E-state index is 0.0354. The molecule has 0 radical (unpaired) electrons. The Hall–Kier alpha value is -0.380. The first kappa shape index (κ1) is 11.7.